The lowest BCUT2D eigenvalue weighted by atomic mass is 9.77. The van der Waals surface area contributed by atoms with Gasteiger partial charge in [0.15, 0.2) is 0 Å². The Morgan fingerprint density at radius 1 is 0.818 bits per heavy atom. The van der Waals surface area contributed by atoms with Crippen molar-refractivity contribution < 1.29 is 19.8 Å². The minimum absolute atomic E-state index is 0.214. The smallest absolute Gasteiger partial charge is 0.307 e. The molecule has 2 atom stereocenters. The van der Waals surface area contributed by atoms with Crippen molar-refractivity contribution in [2.75, 3.05) is 5.32 Å². The summed E-state index contributed by atoms with van der Waals surface area (Å²) in [5.74, 6) is -1.85. The third-order valence-electron chi connectivity index (χ3n) is 6.63. The fourth-order valence-electron chi connectivity index (χ4n) is 4.67. The first-order valence-electron chi connectivity index (χ1n) is 11.8. The zero-order chi connectivity index (χ0) is 24.6. The molecule has 5 heteroatoms. The van der Waals surface area contributed by atoms with Crippen LogP contribution in [0.3, 0.4) is 0 Å². The van der Waals surface area contributed by atoms with Crippen molar-refractivity contribution in [3.05, 3.63) is 47.5 Å². The molecule has 0 heterocycles. The molecule has 1 aliphatic rings. The predicted octanol–water partition coefficient (Wildman–Crippen LogP) is 6.48. The van der Waals surface area contributed by atoms with E-state index in [2.05, 4.69) is 46.9 Å². The van der Waals surface area contributed by atoms with Gasteiger partial charge in [-0.1, -0.05) is 66.5 Å². The van der Waals surface area contributed by atoms with E-state index >= 15 is 0 Å². The number of rotatable bonds is 4. The summed E-state index contributed by atoms with van der Waals surface area (Å²) in [4.78, 5) is 24.3. The number of phenolic OH excluding ortho intramolecular Hbond substituents is 1. The maximum atomic E-state index is 12.8. The number of nitrogens with one attached hydrogen (secondary N) is 1. The van der Waals surface area contributed by atoms with Crippen LogP contribution in [0, 0.1) is 11.8 Å². The van der Waals surface area contributed by atoms with Crippen molar-refractivity contribution in [1.82, 2.24) is 0 Å². The van der Waals surface area contributed by atoms with E-state index < -0.39 is 17.8 Å². The van der Waals surface area contributed by atoms with E-state index in [4.69, 9.17) is 0 Å². The average Bonchev–Trinajstić information content (AvgIpc) is 2.72. The molecule has 3 rings (SSSR count). The van der Waals surface area contributed by atoms with Gasteiger partial charge in [0.25, 0.3) is 0 Å². The third-order valence-corrected chi connectivity index (χ3v) is 6.63. The summed E-state index contributed by atoms with van der Waals surface area (Å²) in [5.41, 5.74) is 4.04. The van der Waals surface area contributed by atoms with Gasteiger partial charge in [-0.15, -0.1) is 0 Å². The van der Waals surface area contributed by atoms with Gasteiger partial charge < -0.3 is 15.5 Å². The largest absolute Gasteiger partial charge is 0.507 e. The molecule has 178 valence electrons. The maximum absolute atomic E-state index is 12.8. The highest BCUT2D eigenvalue weighted by Crippen LogP contribution is 2.42. The van der Waals surface area contributed by atoms with Gasteiger partial charge in [0, 0.05) is 16.8 Å². The number of hydrogen-bond acceptors (Lipinski definition) is 3. The second kappa shape index (κ2) is 9.20. The van der Waals surface area contributed by atoms with Gasteiger partial charge >= 0.3 is 5.97 Å². The Morgan fingerprint density at radius 2 is 1.30 bits per heavy atom. The fraction of sp³-hybridized carbons (Fsp3) is 0.500. The summed E-state index contributed by atoms with van der Waals surface area (Å²) in [6.45, 7) is 12.5. The maximum Gasteiger partial charge on any atom is 0.307 e. The van der Waals surface area contributed by atoms with Gasteiger partial charge in [0.2, 0.25) is 5.91 Å². The molecule has 5 nitrogen and oxygen atoms in total. The van der Waals surface area contributed by atoms with E-state index in [1.165, 1.54) is 0 Å². The first kappa shape index (κ1) is 24.8. The van der Waals surface area contributed by atoms with Crippen molar-refractivity contribution in [1.29, 1.82) is 0 Å². The highest BCUT2D eigenvalue weighted by atomic mass is 16.4. The molecule has 0 aromatic heterocycles. The number of amides is 1. The molecule has 2 aromatic carbocycles. The molecule has 2 aromatic rings. The molecule has 1 fully saturated rings. The van der Waals surface area contributed by atoms with E-state index in [9.17, 15) is 19.8 Å². The Balaban J connectivity index is 1.88. The van der Waals surface area contributed by atoms with Crippen molar-refractivity contribution in [2.45, 2.75) is 78.1 Å². The molecule has 3 N–H and O–H groups in total. The van der Waals surface area contributed by atoms with Gasteiger partial charge in [-0.3, -0.25) is 9.59 Å². The normalized spacial score (nSPS) is 19.2. The Kier molecular flexibility index (Phi) is 6.92. The van der Waals surface area contributed by atoms with E-state index in [1.807, 2.05) is 36.4 Å². The number of aromatic hydroxyl groups is 1. The summed E-state index contributed by atoms with van der Waals surface area (Å²) >= 11 is 0. The van der Waals surface area contributed by atoms with Gasteiger partial charge in [0.1, 0.15) is 5.75 Å². The van der Waals surface area contributed by atoms with Crippen molar-refractivity contribution >= 4 is 17.6 Å². The van der Waals surface area contributed by atoms with E-state index in [1.54, 1.807) is 0 Å². The monoisotopic (exact) mass is 451 g/mol. The van der Waals surface area contributed by atoms with Crippen LogP contribution in [0.15, 0.2) is 36.4 Å². The van der Waals surface area contributed by atoms with Crippen molar-refractivity contribution in [3.63, 3.8) is 0 Å². The molecule has 0 aliphatic heterocycles. The molecule has 0 spiro atoms. The van der Waals surface area contributed by atoms with Gasteiger partial charge in [-0.25, -0.2) is 0 Å². The van der Waals surface area contributed by atoms with Crippen LogP contribution in [0.2, 0.25) is 0 Å². The first-order chi connectivity index (χ1) is 15.3. The number of carbonyl (C=O) groups is 2. The van der Waals surface area contributed by atoms with E-state index in [-0.39, 0.29) is 16.7 Å². The molecule has 0 bridgehead atoms. The number of carboxylic acid groups (broad SMARTS) is 1. The van der Waals surface area contributed by atoms with Crippen LogP contribution in [0.4, 0.5) is 5.69 Å². The summed E-state index contributed by atoms with van der Waals surface area (Å²) < 4.78 is 0. The molecular formula is C28H37NO4. The minimum atomic E-state index is -0.887. The fourth-order valence-corrected chi connectivity index (χ4v) is 4.67. The highest BCUT2D eigenvalue weighted by molar-refractivity contribution is 5.95. The Bertz CT molecular complexity index is 990. The first-order valence-corrected chi connectivity index (χ1v) is 11.8. The number of phenols is 1. The summed E-state index contributed by atoms with van der Waals surface area (Å²) in [6, 6.07) is 11.7. The molecular weight excluding hydrogens is 414 g/mol. The molecule has 33 heavy (non-hydrogen) atoms. The lowest BCUT2D eigenvalue weighted by Gasteiger charge is -2.28. The Hall–Kier alpha value is -2.82. The van der Waals surface area contributed by atoms with Crippen LogP contribution in [-0.4, -0.2) is 22.1 Å². The number of hydrogen-bond donors (Lipinski definition) is 3. The summed E-state index contributed by atoms with van der Waals surface area (Å²) in [5, 5.41) is 23.3. The SMILES string of the molecule is CC(C)(C)c1cc(-c2ccc(NC(=O)[C@H]3CCCC[C@H]3C(=O)O)cc2)cc(C(C)(C)C)c1O. The molecule has 1 saturated carbocycles. The topological polar surface area (TPSA) is 86.6 Å². The molecule has 0 radical (unpaired) electrons. The van der Waals surface area contributed by atoms with E-state index in [0.717, 1.165) is 35.1 Å². The van der Waals surface area contributed by atoms with Crippen LogP contribution >= 0.6 is 0 Å². The molecule has 1 amide bonds. The van der Waals surface area contributed by atoms with Crippen LogP contribution in [-0.2, 0) is 20.4 Å². The zero-order valence-corrected chi connectivity index (χ0v) is 20.7. The standard InChI is InChI=1S/C28H37NO4/c1-27(2,3)22-15-18(16-23(24(22)30)28(4,5)6)17-11-13-19(14-12-17)29-25(31)20-9-7-8-10-21(20)26(32)33/h11-16,20-21,30H,7-10H2,1-6H3,(H,29,31)(H,32,33)/t20-,21+/m0/s1. The highest BCUT2D eigenvalue weighted by Gasteiger charge is 2.35. The Labute approximate surface area is 197 Å². The number of carbonyl (C=O) groups excluding carboxylic acids is 1. The van der Waals surface area contributed by atoms with Gasteiger partial charge in [-0.2, -0.15) is 0 Å². The van der Waals surface area contributed by atoms with Crippen LogP contribution in [0.1, 0.15) is 78.4 Å². The minimum Gasteiger partial charge on any atom is -0.507 e. The zero-order valence-electron chi connectivity index (χ0n) is 20.7. The summed E-state index contributed by atoms with van der Waals surface area (Å²) in [6.07, 6.45) is 2.90. The average molecular weight is 452 g/mol. The van der Waals surface area contributed by atoms with Crippen molar-refractivity contribution in [3.8, 4) is 16.9 Å². The number of carboxylic acids is 1. The van der Waals surface area contributed by atoms with Crippen molar-refractivity contribution in [2.24, 2.45) is 11.8 Å². The second-order valence-electron chi connectivity index (χ2n) is 11.3. The second-order valence-corrected chi connectivity index (χ2v) is 11.3. The quantitative estimate of drug-likeness (QED) is 0.496. The van der Waals surface area contributed by atoms with Crippen LogP contribution in [0.5, 0.6) is 5.75 Å². The lowest BCUT2D eigenvalue weighted by Crippen LogP contribution is -2.36. The third kappa shape index (κ3) is 5.58. The number of benzene rings is 2. The van der Waals surface area contributed by atoms with E-state index in [0.29, 0.717) is 24.3 Å². The predicted molar refractivity (Wildman–Crippen MR) is 133 cm³/mol. The molecule has 1 aliphatic carbocycles. The number of anilines is 1. The summed E-state index contributed by atoms with van der Waals surface area (Å²) in [7, 11) is 0. The molecule has 0 saturated heterocycles. The van der Waals surface area contributed by atoms with Crippen LogP contribution < -0.4 is 5.32 Å². The number of aliphatic carboxylic acids is 1. The molecule has 0 unspecified atom stereocenters. The van der Waals surface area contributed by atoms with Gasteiger partial charge in [0.05, 0.1) is 11.8 Å². The van der Waals surface area contributed by atoms with Gasteiger partial charge in [-0.05, 0) is 59.1 Å². The van der Waals surface area contributed by atoms with Crippen LogP contribution in [0.25, 0.3) is 11.1 Å². The lowest BCUT2D eigenvalue weighted by molar-refractivity contribution is -0.147. The Morgan fingerprint density at radius 3 is 1.76 bits per heavy atom.